The summed E-state index contributed by atoms with van der Waals surface area (Å²) in [4.78, 5) is 23.8. The number of hydrogen-bond donors (Lipinski definition) is 0. The molecule has 2 heterocycles. The quantitative estimate of drug-likeness (QED) is 0.651. The van der Waals surface area contributed by atoms with Crippen LogP contribution in [0.15, 0.2) is 24.4 Å². The Hall–Kier alpha value is -1.78. The molecule has 2 aliphatic rings. The van der Waals surface area contributed by atoms with E-state index in [1.807, 2.05) is 25.2 Å². The highest BCUT2D eigenvalue weighted by atomic mass is 16.6. The number of ether oxygens (including phenoxy) is 1. The van der Waals surface area contributed by atoms with Gasteiger partial charge in [0.05, 0.1) is 12.5 Å². The Morgan fingerprint density at radius 3 is 2.88 bits per heavy atom. The summed E-state index contributed by atoms with van der Waals surface area (Å²) >= 11 is 0. The predicted octanol–water partition coefficient (Wildman–Crippen LogP) is 1.68. The first-order valence-corrected chi connectivity index (χ1v) is 5.68. The molecule has 2 amide bonds. The molecule has 0 N–H and O–H groups in total. The second-order valence-corrected chi connectivity index (χ2v) is 4.38. The van der Waals surface area contributed by atoms with Gasteiger partial charge >= 0.3 is 6.09 Å². The van der Waals surface area contributed by atoms with E-state index < -0.39 is 11.6 Å². The van der Waals surface area contributed by atoms with E-state index >= 15 is 0 Å². The Bertz CT molecular complexity index is 416. The van der Waals surface area contributed by atoms with Crippen LogP contribution >= 0.6 is 0 Å². The third kappa shape index (κ3) is 1.71. The fourth-order valence-corrected chi connectivity index (χ4v) is 2.01. The summed E-state index contributed by atoms with van der Waals surface area (Å²) in [6.45, 7) is 5.70. The van der Waals surface area contributed by atoms with Crippen LogP contribution in [0, 0.1) is 5.92 Å². The van der Waals surface area contributed by atoms with Gasteiger partial charge < -0.3 is 4.74 Å². The van der Waals surface area contributed by atoms with Crippen molar-refractivity contribution in [1.29, 1.82) is 0 Å². The largest absolute Gasteiger partial charge is 0.448 e. The van der Waals surface area contributed by atoms with Crippen LogP contribution in [-0.2, 0) is 9.53 Å². The molecule has 0 saturated heterocycles. The number of carbonyl (C=O) groups is 2. The Balaban J connectivity index is 2.30. The van der Waals surface area contributed by atoms with Crippen LogP contribution in [0.3, 0.4) is 0 Å². The average molecular weight is 236 g/mol. The summed E-state index contributed by atoms with van der Waals surface area (Å²) < 4.78 is 4.92. The van der Waals surface area contributed by atoms with Crippen molar-refractivity contribution in [2.75, 3.05) is 6.61 Å². The van der Waals surface area contributed by atoms with Crippen LogP contribution in [-0.4, -0.2) is 34.2 Å². The Kier molecular flexibility index (Phi) is 2.69. The number of fused-ring (bicyclic) bond motifs is 1. The lowest BCUT2D eigenvalue weighted by Crippen LogP contribution is -2.56. The molecular weight excluding hydrogens is 220 g/mol. The van der Waals surface area contributed by atoms with Gasteiger partial charge in [-0.2, -0.15) is 5.01 Å². The molecule has 92 valence electrons. The van der Waals surface area contributed by atoms with Gasteiger partial charge in [0.25, 0.3) is 0 Å². The Morgan fingerprint density at radius 1 is 1.53 bits per heavy atom. The molecule has 0 aromatic heterocycles. The van der Waals surface area contributed by atoms with E-state index in [4.69, 9.17) is 4.74 Å². The van der Waals surface area contributed by atoms with Crippen LogP contribution in [0.5, 0.6) is 0 Å². The van der Waals surface area contributed by atoms with Gasteiger partial charge in [0.1, 0.15) is 5.54 Å². The highest BCUT2D eigenvalue weighted by Gasteiger charge is 2.45. The van der Waals surface area contributed by atoms with E-state index in [9.17, 15) is 9.59 Å². The first-order valence-electron chi connectivity index (χ1n) is 5.68. The van der Waals surface area contributed by atoms with Crippen molar-refractivity contribution >= 4 is 12.0 Å². The lowest BCUT2D eigenvalue weighted by molar-refractivity contribution is -0.150. The van der Waals surface area contributed by atoms with E-state index in [-0.39, 0.29) is 18.4 Å². The van der Waals surface area contributed by atoms with E-state index in [2.05, 4.69) is 0 Å². The molecule has 0 aromatic carbocycles. The summed E-state index contributed by atoms with van der Waals surface area (Å²) in [5, 5.41) is 2.68. The van der Waals surface area contributed by atoms with Gasteiger partial charge in [-0.05, 0) is 19.9 Å². The van der Waals surface area contributed by atoms with Gasteiger partial charge in [-0.3, -0.25) is 4.79 Å². The minimum Gasteiger partial charge on any atom is -0.448 e. The molecule has 0 aromatic rings. The van der Waals surface area contributed by atoms with Crippen LogP contribution in [0.1, 0.15) is 20.8 Å². The Labute approximate surface area is 100 Å². The van der Waals surface area contributed by atoms with E-state index in [1.54, 1.807) is 20.0 Å². The molecule has 0 aliphatic carbocycles. The zero-order valence-electron chi connectivity index (χ0n) is 10.2. The molecule has 0 radical (unpaired) electrons. The molecular formula is C12H16N2O3. The topological polar surface area (TPSA) is 49.9 Å². The third-order valence-corrected chi connectivity index (χ3v) is 3.00. The average Bonchev–Trinajstić information content (AvgIpc) is 2.63. The fraction of sp³-hybridized carbons (Fsp3) is 0.500. The maximum absolute atomic E-state index is 12.1. The highest BCUT2D eigenvalue weighted by molar-refractivity contribution is 5.86. The van der Waals surface area contributed by atoms with Crippen molar-refractivity contribution in [3.05, 3.63) is 24.4 Å². The van der Waals surface area contributed by atoms with E-state index in [0.29, 0.717) is 0 Å². The van der Waals surface area contributed by atoms with Crippen molar-refractivity contribution in [1.82, 2.24) is 10.0 Å². The predicted molar refractivity (Wildman–Crippen MR) is 61.6 cm³/mol. The lowest BCUT2D eigenvalue weighted by Gasteiger charge is -2.40. The zero-order chi connectivity index (χ0) is 12.6. The van der Waals surface area contributed by atoms with Crippen LogP contribution in [0.2, 0.25) is 0 Å². The van der Waals surface area contributed by atoms with Gasteiger partial charge in [0.2, 0.25) is 5.91 Å². The van der Waals surface area contributed by atoms with Gasteiger partial charge in [-0.1, -0.05) is 19.1 Å². The molecule has 5 nitrogen and oxygen atoms in total. The molecule has 0 fully saturated rings. The van der Waals surface area contributed by atoms with Crippen molar-refractivity contribution in [3.63, 3.8) is 0 Å². The van der Waals surface area contributed by atoms with Crippen LogP contribution < -0.4 is 0 Å². The molecule has 2 rings (SSSR count). The molecule has 0 spiro atoms. The minimum atomic E-state index is -0.559. The summed E-state index contributed by atoms with van der Waals surface area (Å²) in [5.41, 5.74) is -0.559. The second kappa shape index (κ2) is 3.91. The fourth-order valence-electron chi connectivity index (χ4n) is 2.01. The van der Waals surface area contributed by atoms with Gasteiger partial charge in [0.15, 0.2) is 0 Å². The molecule has 17 heavy (non-hydrogen) atoms. The summed E-state index contributed by atoms with van der Waals surface area (Å²) in [5.74, 6) is -0.326. The zero-order valence-corrected chi connectivity index (χ0v) is 10.2. The summed E-state index contributed by atoms with van der Waals surface area (Å²) in [6.07, 6.45) is 6.65. The number of amides is 2. The Morgan fingerprint density at radius 2 is 2.24 bits per heavy atom. The first-order chi connectivity index (χ1) is 7.99. The maximum Gasteiger partial charge on any atom is 0.433 e. The number of rotatable bonds is 1. The number of hydrazine groups is 1. The molecule has 0 unspecified atom stereocenters. The monoisotopic (exact) mass is 236 g/mol. The van der Waals surface area contributed by atoms with E-state index in [1.165, 1.54) is 10.0 Å². The second-order valence-electron chi connectivity index (χ2n) is 4.38. The van der Waals surface area contributed by atoms with Gasteiger partial charge in [0, 0.05) is 6.20 Å². The smallest absolute Gasteiger partial charge is 0.433 e. The molecule has 5 heteroatoms. The number of hydrogen-bond acceptors (Lipinski definition) is 3. The first kappa shape index (κ1) is 11.7. The lowest BCUT2D eigenvalue weighted by atomic mass is 9.93. The van der Waals surface area contributed by atoms with Crippen molar-refractivity contribution < 1.29 is 14.3 Å². The van der Waals surface area contributed by atoms with Gasteiger partial charge in [-0.15, -0.1) is 0 Å². The van der Waals surface area contributed by atoms with Crippen molar-refractivity contribution in [3.8, 4) is 0 Å². The van der Waals surface area contributed by atoms with Crippen molar-refractivity contribution in [2.24, 2.45) is 5.92 Å². The normalized spacial score (nSPS) is 30.8. The van der Waals surface area contributed by atoms with Gasteiger partial charge in [-0.25, -0.2) is 9.80 Å². The molecule has 0 saturated carbocycles. The minimum absolute atomic E-state index is 0.104. The number of carbonyl (C=O) groups excluding carboxylic acids is 2. The van der Waals surface area contributed by atoms with Crippen LogP contribution in [0.25, 0.3) is 0 Å². The molecule has 0 bridgehead atoms. The third-order valence-electron chi connectivity index (χ3n) is 3.00. The van der Waals surface area contributed by atoms with Crippen molar-refractivity contribution in [2.45, 2.75) is 26.3 Å². The standard InChI is InChI=1S/C12H16N2O3/c1-4-17-11(16)13-8-7-12(3)6-5-9(2)10(15)14(12)13/h5-9H,4H2,1-3H3/t9-,12-/m1/s1. The molecule has 2 aliphatic heterocycles. The van der Waals surface area contributed by atoms with Crippen LogP contribution in [0.4, 0.5) is 4.79 Å². The summed E-state index contributed by atoms with van der Waals surface area (Å²) in [7, 11) is 0. The molecule has 2 atom stereocenters. The SMILES string of the molecule is CCOC(=O)N1C=C[C@@]2(C)C=C[C@@H](C)C(=O)N12. The summed E-state index contributed by atoms with van der Waals surface area (Å²) in [6, 6.07) is 0. The maximum atomic E-state index is 12.1. The van der Waals surface area contributed by atoms with E-state index in [0.717, 1.165) is 0 Å². The number of nitrogens with zero attached hydrogens (tertiary/aromatic N) is 2. The highest BCUT2D eigenvalue weighted by Crippen LogP contribution is 2.33.